The van der Waals surface area contributed by atoms with Crippen molar-refractivity contribution in [2.24, 2.45) is 0 Å². The van der Waals surface area contributed by atoms with Gasteiger partial charge in [0, 0.05) is 5.56 Å². The minimum Gasteiger partial charge on any atom is -0.492 e. The molecule has 1 aliphatic rings. The number of amides is 2. The summed E-state index contributed by atoms with van der Waals surface area (Å²) in [6, 6.07) is 15.5. The highest BCUT2D eigenvalue weighted by Gasteiger charge is 2.35. The lowest BCUT2D eigenvalue weighted by Gasteiger charge is -2.16. The van der Waals surface area contributed by atoms with E-state index in [2.05, 4.69) is 22.6 Å². The van der Waals surface area contributed by atoms with Gasteiger partial charge in [-0.15, -0.1) is 0 Å². The van der Waals surface area contributed by atoms with E-state index in [1.54, 1.807) is 24.3 Å². The second kappa shape index (κ2) is 12.9. The summed E-state index contributed by atoms with van der Waals surface area (Å²) in [5.41, 5.74) is 2.02. The van der Waals surface area contributed by atoms with Gasteiger partial charge >= 0.3 is 0 Å². The van der Waals surface area contributed by atoms with Gasteiger partial charge in [0.25, 0.3) is 11.1 Å². The van der Waals surface area contributed by atoms with Crippen LogP contribution in [0, 0.1) is 16.3 Å². The van der Waals surface area contributed by atoms with E-state index in [4.69, 9.17) is 25.8 Å². The number of ether oxygens (including phenoxy) is 3. The lowest BCUT2D eigenvalue weighted by Crippen LogP contribution is -2.32. The summed E-state index contributed by atoms with van der Waals surface area (Å²) in [6.07, 6.45) is 1.65. The molecular weight excluding hydrogens is 644 g/mol. The van der Waals surface area contributed by atoms with Crippen LogP contribution in [0.15, 0.2) is 59.5 Å². The molecule has 0 bridgehead atoms. The van der Waals surface area contributed by atoms with Crippen molar-refractivity contribution in [3.8, 4) is 17.2 Å². The largest absolute Gasteiger partial charge is 0.492 e. The molecule has 1 heterocycles. The van der Waals surface area contributed by atoms with E-state index < -0.39 is 5.82 Å². The van der Waals surface area contributed by atoms with E-state index in [0.29, 0.717) is 37.9 Å². The molecule has 10 heteroatoms. The number of benzene rings is 3. The number of carbonyl (C=O) groups excluding carboxylic acids is 2. The van der Waals surface area contributed by atoms with E-state index in [-0.39, 0.29) is 41.5 Å². The lowest BCUT2D eigenvalue weighted by molar-refractivity contribution is -0.123. The first-order chi connectivity index (χ1) is 18.3. The zero-order valence-electron chi connectivity index (χ0n) is 20.6. The molecule has 198 valence electrons. The first-order valence-corrected chi connectivity index (χ1v) is 14.0. The Bertz CT molecular complexity index is 1360. The van der Waals surface area contributed by atoms with E-state index in [0.717, 1.165) is 17.3 Å². The van der Waals surface area contributed by atoms with Crippen LogP contribution in [0.4, 0.5) is 9.18 Å². The molecule has 1 fully saturated rings. The Balaban J connectivity index is 1.47. The number of carbonyl (C=O) groups is 2. The van der Waals surface area contributed by atoms with Gasteiger partial charge in [0.15, 0.2) is 11.5 Å². The minimum atomic E-state index is -0.456. The molecule has 0 radical (unpaired) electrons. The van der Waals surface area contributed by atoms with Crippen molar-refractivity contribution in [1.29, 1.82) is 0 Å². The van der Waals surface area contributed by atoms with Crippen LogP contribution < -0.4 is 14.2 Å². The molecule has 3 aromatic carbocycles. The Hall–Kier alpha value is -2.76. The third-order valence-corrected chi connectivity index (χ3v) is 7.59. The van der Waals surface area contributed by atoms with Crippen molar-refractivity contribution in [1.82, 2.24) is 4.90 Å². The van der Waals surface area contributed by atoms with E-state index >= 15 is 0 Å². The van der Waals surface area contributed by atoms with Gasteiger partial charge in [-0.25, -0.2) is 4.39 Å². The summed E-state index contributed by atoms with van der Waals surface area (Å²) in [4.78, 5) is 26.9. The third kappa shape index (κ3) is 6.81. The summed E-state index contributed by atoms with van der Waals surface area (Å²) >= 11 is 9.10. The van der Waals surface area contributed by atoms with Crippen LogP contribution in [0.25, 0.3) is 6.08 Å². The first kappa shape index (κ1) is 28.3. The normalized spacial score (nSPS) is 14.3. The smallest absolute Gasteiger partial charge is 0.293 e. The summed E-state index contributed by atoms with van der Waals surface area (Å²) in [5, 5.41) is -0.0789. The minimum absolute atomic E-state index is 0.0789. The monoisotopic (exact) mass is 667 g/mol. The number of nitrogens with zero attached hydrogens (tertiary/aromatic N) is 1. The van der Waals surface area contributed by atoms with Crippen LogP contribution in [0.1, 0.15) is 23.6 Å². The molecule has 0 aliphatic carbocycles. The van der Waals surface area contributed by atoms with Crippen LogP contribution in [-0.4, -0.2) is 35.8 Å². The molecule has 4 rings (SSSR count). The summed E-state index contributed by atoms with van der Waals surface area (Å²) < 4.78 is 32.2. The van der Waals surface area contributed by atoms with Gasteiger partial charge < -0.3 is 14.2 Å². The molecule has 1 saturated heterocycles. The van der Waals surface area contributed by atoms with Crippen molar-refractivity contribution in [3.63, 3.8) is 0 Å². The molecule has 0 spiro atoms. The number of hydrogen-bond acceptors (Lipinski definition) is 6. The Morgan fingerprint density at radius 2 is 1.84 bits per heavy atom. The van der Waals surface area contributed by atoms with Crippen molar-refractivity contribution in [3.05, 3.63) is 90.6 Å². The SMILES string of the molecule is CCOc1cc(/C=C2\SC(=O)N(CCOc3ccc(C)cc3)C2=O)cc(I)c1OCc1c(F)cccc1Cl. The van der Waals surface area contributed by atoms with E-state index in [1.807, 2.05) is 38.1 Å². The van der Waals surface area contributed by atoms with E-state index in [9.17, 15) is 14.0 Å². The number of hydrogen-bond donors (Lipinski definition) is 0. The molecule has 0 atom stereocenters. The molecule has 0 aromatic heterocycles. The van der Waals surface area contributed by atoms with Gasteiger partial charge in [0.1, 0.15) is 24.8 Å². The predicted octanol–water partition coefficient (Wildman–Crippen LogP) is 7.49. The molecule has 0 N–H and O–H groups in total. The molecule has 38 heavy (non-hydrogen) atoms. The van der Waals surface area contributed by atoms with E-state index in [1.165, 1.54) is 17.0 Å². The maximum atomic E-state index is 14.2. The van der Waals surface area contributed by atoms with Gasteiger partial charge in [-0.1, -0.05) is 35.4 Å². The Morgan fingerprint density at radius 3 is 2.55 bits per heavy atom. The highest BCUT2D eigenvalue weighted by Crippen LogP contribution is 2.38. The highest BCUT2D eigenvalue weighted by molar-refractivity contribution is 14.1. The Morgan fingerprint density at radius 1 is 1.08 bits per heavy atom. The molecular formula is C28H24ClFINO5S. The second-order valence-corrected chi connectivity index (χ2v) is 10.8. The average Bonchev–Trinajstić information content (AvgIpc) is 3.13. The fourth-order valence-electron chi connectivity index (χ4n) is 3.62. The van der Waals surface area contributed by atoms with Crippen LogP contribution in [0.5, 0.6) is 17.2 Å². The van der Waals surface area contributed by atoms with Gasteiger partial charge in [-0.2, -0.15) is 0 Å². The van der Waals surface area contributed by atoms with Crippen LogP contribution >= 0.6 is 46.0 Å². The molecule has 0 saturated carbocycles. The molecule has 1 aliphatic heterocycles. The van der Waals surface area contributed by atoms with Gasteiger partial charge in [0.05, 0.1) is 26.6 Å². The molecule has 2 amide bonds. The topological polar surface area (TPSA) is 65.1 Å². The number of thioether (sulfide) groups is 1. The number of rotatable bonds is 10. The predicted molar refractivity (Wildman–Crippen MR) is 155 cm³/mol. The summed E-state index contributed by atoms with van der Waals surface area (Å²) in [6.45, 7) is 4.44. The Labute approximate surface area is 243 Å². The van der Waals surface area contributed by atoms with Gasteiger partial charge in [0.2, 0.25) is 0 Å². The van der Waals surface area contributed by atoms with Crippen LogP contribution in [0.2, 0.25) is 5.02 Å². The quantitative estimate of drug-likeness (QED) is 0.165. The standard InChI is InChI=1S/C28H24ClFINO5S/c1-3-35-24-14-18(13-23(31)26(24)37-16-20-21(29)5-4-6-22(20)30)15-25-27(33)32(28(34)38-25)11-12-36-19-9-7-17(2)8-10-19/h4-10,13-15H,3,11-12,16H2,1-2H3/b25-15-. The maximum absolute atomic E-state index is 14.2. The van der Waals surface area contributed by atoms with Crippen molar-refractivity contribution < 1.29 is 28.2 Å². The number of halogens is 3. The summed E-state index contributed by atoms with van der Waals surface area (Å²) in [7, 11) is 0. The van der Waals surface area contributed by atoms with Crippen LogP contribution in [-0.2, 0) is 11.4 Å². The maximum Gasteiger partial charge on any atom is 0.293 e. The molecule has 0 unspecified atom stereocenters. The zero-order chi connectivity index (χ0) is 27.2. The number of aryl methyl sites for hydroxylation is 1. The molecule has 3 aromatic rings. The van der Waals surface area contributed by atoms with Crippen molar-refractivity contribution >= 4 is 63.2 Å². The number of imide groups is 1. The fraction of sp³-hybridized carbons (Fsp3) is 0.214. The first-order valence-electron chi connectivity index (χ1n) is 11.7. The van der Waals surface area contributed by atoms with Gasteiger partial charge in [-0.05, 0) is 96.2 Å². The van der Waals surface area contributed by atoms with Gasteiger partial charge in [-0.3, -0.25) is 14.5 Å². The second-order valence-electron chi connectivity index (χ2n) is 8.25. The summed E-state index contributed by atoms with van der Waals surface area (Å²) in [5.74, 6) is 0.710. The fourth-order valence-corrected chi connectivity index (χ4v) is 5.49. The average molecular weight is 668 g/mol. The van der Waals surface area contributed by atoms with Crippen molar-refractivity contribution in [2.45, 2.75) is 20.5 Å². The zero-order valence-corrected chi connectivity index (χ0v) is 24.4. The molecule has 6 nitrogen and oxygen atoms in total. The van der Waals surface area contributed by atoms with Crippen LogP contribution in [0.3, 0.4) is 0 Å². The highest BCUT2D eigenvalue weighted by atomic mass is 127. The lowest BCUT2D eigenvalue weighted by atomic mass is 10.1. The Kier molecular flexibility index (Phi) is 9.56. The third-order valence-electron chi connectivity index (χ3n) is 5.53. The van der Waals surface area contributed by atoms with Crippen molar-refractivity contribution in [2.75, 3.05) is 19.8 Å².